The Labute approximate surface area is 180 Å². The second-order valence-electron chi connectivity index (χ2n) is 7.60. The van der Waals surface area contributed by atoms with Gasteiger partial charge in [0.25, 0.3) is 0 Å². The number of likely N-dealkylation sites (N-methyl/N-ethyl adjacent to an activating group) is 1. The van der Waals surface area contributed by atoms with Crippen LogP contribution in [0.5, 0.6) is 11.5 Å². The number of carbonyl (C=O) groups excluding carboxylic acids is 2. The number of aromatic hydroxyl groups is 2. The first kappa shape index (κ1) is 22.1. The van der Waals surface area contributed by atoms with Gasteiger partial charge in [-0.1, -0.05) is 0 Å². The first-order chi connectivity index (χ1) is 14.7. The molecular formula is C22H27N5O4. The molecule has 1 aliphatic carbocycles. The van der Waals surface area contributed by atoms with Crippen LogP contribution in [0, 0.1) is 0 Å². The van der Waals surface area contributed by atoms with Gasteiger partial charge >= 0.3 is 0 Å². The lowest BCUT2D eigenvalue weighted by Gasteiger charge is -2.24. The van der Waals surface area contributed by atoms with Crippen molar-refractivity contribution in [2.75, 3.05) is 50.9 Å². The maximum atomic E-state index is 13.4. The number of rotatable bonds is 8. The third kappa shape index (κ3) is 4.46. The van der Waals surface area contributed by atoms with Gasteiger partial charge in [-0.2, -0.15) is 0 Å². The molecule has 0 heterocycles. The fourth-order valence-corrected chi connectivity index (χ4v) is 3.50. The molecule has 0 amide bonds. The summed E-state index contributed by atoms with van der Waals surface area (Å²) in [6.07, 6.45) is 0. The molecule has 31 heavy (non-hydrogen) atoms. The van der Waals surface area contributed by atoms with Gasteiger partial charge in [0.05, 0.1) is 34.6 Å². The quantitative estimate of drug-likeness (QED) is 0.159. The van der Waals surface area contributed by atoms with Gasteiger partial charge in [-0.15, -0.1) is 0 Å². The molecule has 0 unspecified atom stereocenters. The molecule has 2 aromatic carbocycles. The van der Waals surface area contributed by atoms with E-state index in [9.17, 15) is 19.8 Å². The highest BCUT2D eigenvalue weighted by atomic mass is 16.3. The van der Waals surface area contributed by atoms with Gasteiger partial charge < -0.3 is 31.5 Å². The minimum Gasteiger partial charge on any atom is -0.507 e. The molecule has 0 radical (unpaired) electrons. The lowest BCUT2D eigenvalue weighted by Crippen LogP contribution is -2.26. The van der Waals surface area contributed by atoms with Crippen molar-refractivity contribution in [2.24, 2.45) is 10.7 Å². The highest BCUT2D eigenvalue weighted by molar-refractivity contribution is 6.33. The van der Waals surface area contributed by atoms with Crippen LogP contribution in [0.1, 0.15) is 38.8 Å². The van der Waals surface area contributed by atoms with Gasteiger partial charge in [-0.05, 0) is 45.3 Å². The Morgan fingerprint density at radius 3 is 1.84 bits per heavy atom. The second-order valence-corrected chi connectivity index (χ2v) is 7.60. The SMILES string of the molecule is CC(N)=NCCNc1ccc(O)c2c1C(=O)c1c(O)ccc(NCCN(C)C)c1C2=O. The van der Waals surface area contributed by atoms with Gasteiger partial charge in [0, 0.05) is 31.0 Å². The number of amidine groups is 1. The van der Waals surface area contributed by atoms with E-state index in [0.29, 0.717) is 43.4 Å². The maximum Gasteiger partial charge on any atom is 0.200 e. The molecule has 0 fully saturated rings. The number of carbonyl (C=O) groups is 2. The van der Waals surface area contributed by atoms with Crippen molar-refractivity contribution in [3.05, 3.63) is 46.5 Å². The first-order valence-electron chi connectivity index (χ1n) is 9.92. The van der Waals surface area contributed by atoms with Crippen molar-refractivity contribution < 1.29 is 19.8 Å². The van der Waals surface area contributed by atoms with Crippen LogP contribution < -0.4 is 16.4 Å². The number of nitrogens with two attached hydrogens (primary N) is 1. The van der Waals surface area contributed by atoms with Crippen molar-refractivity contribution >= 4 is 28.8 Å². The molecule has 0 bridgehead atoms. The van der Waals surface area contributed by atoms with Crippen LogP contribution in [0.15, 0.2) is 29.3 Å². The van der Waals surface area contributed by atoms with E-state index in [4.69, 9.17) is 5.73 Å². The van der Waals surface area contributed by atoms with E-state index in [1.165, 1.54) is 18.2 Å². The predicted octanol–water partition coefficient (Wildman–Crippen LogP) is 1.64. The number of fused-ring (bicyclic) bond motifs is 2. The average Bonchev–Trinajstić information content (AvgIpc) is 2.70. The van der Waals surface area contributed by atoms with Crippen molar-refractivity contribution in [1.82, 2.24) is 4.90 Å². The van der Waals surface area contributed by atoms with Crippen molar-refractivity contribution in [3.63, 3.8) is 0 Å². The number of hydrogen-bond donors (Lipinski definition) is 5. The summed E-state index contributed by atoms with van der Waals surface area (Å²) in [5.74, 6) is -1.19. The minimum absolute atomic E-state index is 0.0340. The van der Waals surface area contributed by atoms with Crippen molar-refractivity contribution in [3.8, 4) is 11.5 Å². The molecule has 0 saturated heterocycles. The average molecular weight is 425 g/mol. The van der Waals surface area contributed by atoms with Gasteiger partial charge in [0.1, 0.15) is 11.5 Å². The zero-order chi connectivity index (χ0) is 22.7. The molecule has 0 aromatic heterocycles. The van der Waals surface area contributed by atoms with E-state index in [0.717, 1.165) is 0 Å². The summed E-state index contributed by atoms with van der Waals surface area (Å²) >= 11 is 0. The molecule has 0 spiro atoms. The number of nitrogens with zero attached hydrogens (tertiary/aromatic N) is 2. The van der Waals surface area contributed by atoms with Crippen LogP contribution in [0.3, 0.4) is 0 Å². The van der Waals surface area contributed by atoms with E-state index < -0.39 is 11.6 Å². The molecular weight excluding hydrogens is 398 g/mol. The molecule has 2 aromatic rings. The topological polar surface area (TPSA) is 140 Å². The van der Waals surface area contributed by atoms with Gasteiger partial charge in [-0.25, -0.2) is 0 Å². The highest BCUT2D eigenvalue weighted by Crippen LogP contribution is 2.42. The lowest BCUT2D eigenvalue weighted by atomic mass is 9.81. The standard InChI is InChI=1S/C22H27N5O4/c1-12(23)24-8-9-25-13-4-6-15(28)19-17(13)21(30)20-16(29)7-5-14(18(20)22(19)31)26-10-11-27(2)3/h4-7,25-26,28-29H,8-11H2,1-3H3,(H2,23,24). The normalized spacial score (nSPS) is 13.2. The van der Waals surface area contributed by atoms with Crippen LogP contribution in [-0.4, -0.2) is 72.8 Å². The Morgan fingerprint density at radius 2 is 1.39 bits per heavy atom. The number of aliphatic imine (C=N–C) groups is 1. The fourth-order valence-electron chi connectivity index (χ4n) is 3.50. The van der Waals surface area contributed by atoms with Gasteiger partial charge in [-0.3, -0.25) is 14.6 Å². The largest absolute Gasteiger partial charge is 0.507 e. The van der Waals surface area contributed by atoms with E-state index in [2.05, 4.69) is 15.6 Å². The Hall–Kier alpha value is -3.59. The number of hydrogen-bond acceptors (Lipinski definition) is 8. The summed E-state index contributed by atoms with van der Waals surface area (Å²) in [5.41, 5.74) is 6.29. The number of phenolic OH excluding ortho intramolecular Hbond substituents is 2. The molecule has 164 valence electrons. The zero-order valence-corrected chi connectivity index (χ0v) is 17.8. The molecule has 3 rings (SSSR count). The van der Waals surface area contributed by atoms with E-state index in [1.54, 1.807) is 13.0 Å². The zero-order valence-electron chi connectivity index (χ0n) is 17.8. The van der Waals surface area contributed by atoms with Crippen LogP contribution in [0.4, 0.5) is 11.4 Å². The molecule has 0 atom stereocenters. The Morgan fingerprint density at radius 1 is 0.903 bits per heavy atom. The fraction of sp³-hybridized carbons (Fsp3) is 0.318. The number of phenols is 2. The summed E-state index contributed by atoms with van der Waals surface area (Å²) in [4.78, 5) is 32.8. The Kier molecular flexibility index (Phi) is 6.45. The third-order valence-electron chi connectivity index (χ3n) is 4.94. The van der Waals surface area contributed by atoms with Crippen molar-refractivity contribution in [2.45, 2.75) is 6.92 Å². The number of anilines is 2. The Balaban J connectivity index is 2.03. The second kappa shape index (κ2) is 9.05. The van der Waals surface area contributed by atoms with Crippen LogP contribution in [0.2, 0.25) is 0 Å². The minimum atomic E-state index is -0.532. The molecule has 6 N–H and O–H groups in total. The van der Waals surface area contributed by atoms with Crippen molar-refractivity contribution in [1.29, 1.82) is 0 Å². The maximum absolute atomic E-state index is 13.4. The molecule has 0 aliphatic heterocycles. The molecule has 1 aliphatic rings. The van der Waals surface area contributed by atoms with Crippen LogP contribution in [-0.2, 0) is 0 Å². The van der Waals surface area contributed by atoms with Gasteiger partial charge in [0.15, 0.2) is 0 Å². The summed E-state index contributed by atoms with van der Waals surface area (Å²) in [6, 6.07) is 5.85. The number of ketones is 2. The third-order valence-corrected chi connectivity index (χ3v) is 4.94. The monoisotopic (exact) mass is 425 g/mol. The van der Waals surface area contributed by atoms with E-state index in [1.807, 2.05) is 19.0 Å². The lowest BCUT2D eigenvalue weighted by molar-refractivity contribution is 0.0975. The Bertz CT molecular complexity index is 1060. The van der Waals surface area contributed by atoms with E-state index >= 15 is 0 Å². The van der Waals surface area contributed by atoms with Gasteiger partial charge in [0.2, 0.25) is 11.6 Å². The summed E-state index contributed by atoms with van der Waals surface area (Å²) in [5, 5.41) is 27.1. The number of benzene rings is 2. The highest BCUT2D eigenvalue weighted by Gasteiger charge is 2.37. The molecule has 9 nitrogen and oxygen atoms in total. The van der Waals surface area contributed by atoms with Crippen LogP contribution in [0.25, 0.3) is 0 Å². The molecule has 0 saturated carbocycles. The predicted molar refractivity (Wildman–Crippen MR) is 121 cm³/mol. The smallest absolute Gasteiger partial charge is 0.200 e. The summed E-state index contributed by atoms with van der Waals surface area (Å²) < 4.78 is 0. The number of nitrogens with one attached hydrogen (secondary N) is 2. The first-order valence-corrected chi connectivity index (χ1v) is 9.92. The van der Waals surface area contributed by atoms with Crippen LogP contribution >= 0.6 is 0 Å². The molecule has 9 heteroatoms. The summed E-state index contributed by atoms with van der Waals surface area (Å²) in [6.45, 7) is 3.67. The van der Waals surface area contributed by atoms with E-state index in [-0.39, 0.29) is 33.8 Å². The summed E-state index contributed by atoms with van der Waals surface area (Å²) in [7, 11) is 3.84.